The molecule has 0 bridgehead atoms. The fraction of sp³-hybridized carbons (Fsp3) is 0.200. The molecule has 0 saturated carbocycles. The summed E-state index contributed by atoms with van der Waals surface area (Å²) in [4.78, 5) is 10.3. The van der Waals surface area contributed by atoms with E-state index >= 15 is 0 Å². The van der Waals surface area contributed by atoms with Crippen LogP contribution < -0.4 is 11.1 Å². The second-order valence-corrected chi connectivity index (χ2v) is 2.16. The minimum atomic E-state index is -4.92. The molecular formula is C5H5F3N4O. The van der Waals surface area contributed by atoms with Gasteiger partial charge in [0.25, 0.3) is 0 Å². The van der Waals surface area contributed by atoms with Crippen molar-refractivity contribution in [3.8, 4) is 0 Å². The maximum absolute atomic E-state index is 11.7. The SMILES string of the molecule is Nc1cc(NC(=O)C(F)(F)F)n[nH]1. The number of anilines is 2. The Morgan fingerprint density at radius 2 is 2.23 bits per heavy atom. The van der Waals surface area contributed by atoms with E-state index in [1.165, 1.54) is 5.32 Å². The van der Waals surface area contributed by atoms with E-state index in [2.05, 4.69) is 10.2 Å². The van der Waals surface area contributed by atoms with Crippen LogP contribution in [0.2, 0.25) is 0 Å². The maximum atomic E-state index is 11.7. The van der Waals surface area contributed by atoms with Crippen molar-refractivity contribution < 1.29 is 18.0 Å². The third-order valence-electron chi connectivity index (χ3n) is 1.10. The normalized spacial score (nSPS) is 11.3. The molecule has 0 aliphatic carbocycles. The van der Waals surface area contributed by atoms with Gasteiger partial charge in [0.05, 0.1) is 0 Å². The van der Waals surface area contributed by atoms with Crippen LogP contribution in [0, 0.1) is 0 Å². The molecule has 0 radical (unpaired) electrons. The van der Waals surface area contributed by atoms with Gasteiger partial charge < -0.3 is 11.1 Å². The summed E-state index contributed by atoms with van der Waals surface area (Å²) in [7, 11) is 0. The number of halogens is 3. The van der Waals surface area contributed by atoms with E-state index in [0.717, 1.165) is 6.07 Å². The van der Waals surface area contributed by atoms with Crippen LogP contribution in [0.1, 0.15) is 0 Å². The van der Waals surface area contributed by atoms with Crippen LogP contribution >= 0.6 is 0 Å². The molecule has 0 saturated heterocycles. The molecule has 0 atom stereocenters. The first-order valence-electron chi connectivity index (χ1n) is 3.08. The van der Waals surface area contributed by atoms with Gasteiger partial charge in [-0.05, 0) is 0 Å². The van der Waals surface area contributed by atoms with E-state index in [9.17, 15) is 18.0 Å². The molecular weight excluding hydrogens is 189 g/mol. The first kappa shape index (κ1) is 9.36. The van der Waals surface area contributed by atoms with E-state index in [1.54, 1.807) is 0 Å². The molecule has 0 aliphatic heterocycles. The lowest BCUT2D eigenvalue weighted by Gasteiger charge is -2.03. The Morgan fingerprint density at radius 1 is 1.62 bits per heavy atom. The molecule has 1 aromatic rings. The lowest BCUT2D eigenvalue weighted by molar-refractivity contribution is -0.167. The van der Waals surface area contributed by atoms with Gasteiger partial charge in [0.2, 0.25) is 0 Å². The van der Waals surface area contributed by atoms with Gasteiger partial charge in [-0.2, -0.15) is 18.3 Å². The number of nitrogens with two attached hydrogens (primary N) is 1. The number of aromatic nitrogens is 2. The van der Waals surface area contributed by atoms with Crippen molar-refractivity contribution in [3.63, 3.8) is 0 Å². The van der Waals surface area contributed by atoms with Gasteiger partial charge in [-0.25, -0.2) is 0 Å². The molecule has 5 nitrogen and oxygen atoms in total. The summed E-state index contributed by atoms with van der Waals surface area (Å²) in [5, 5.41) is 6.97. The van der Waals surface area contributed by atoms with Crippen molar-refractivity contribution in [2.45, 2.75) is 6.18 Å². The lowest BCUT2D eigenvalue weighted by Crippen LogP contribution is -2.30. The molecule has 72 valence electrons. The zero-order chi connectivity index (χ0) is 10.1. The number of carbonyl (C=O) groups excluding carboxylic acids is 1. The van der Waals surface area contributed by atoms with Crippen LogP contribution in [0.3, 0.4) is 0 Å². The highest BCUT2D eigenvalue weighted by molar-refractivity contribution is 5.94. The number of hydrogen-bond donors (Lipinski definition) is 3. The molecule has 13 heavy (non-hydrogen) atoms. The number of nitrogen functional groups attached to an aromatic ring is 1. The number of H-pyrrole nitrogens is 1. The van der Waals surface area contributed by atoms with Crippen molar-refractivity contribution >= 4 is 17.5 Å². The standard InChI is InChI=1S/C5H5F3N4O/c6-5(7,8)4(13)10-3-1-2(9)11-12-3/h1H,(H4,9,10,11,12,13). The lowest BCUT2D eigenvalue weighted by atomic mass is 10.5. The number of alkyl halides is 3. The number of nitrogens with one attached hydrogen (secondary N) is 2. The highest BCUT2D eigenvalue weighted by Crippen LogP contribution is 2.17. The van der Waals surface area contributed by atoms with E-state index in [1.807, 2.05) is 0 Å². The average molecular weight is 194 g/mol. The fourth-order valence-electron chi connectivity index (χ4n) is 0.588. The summed E-state index contributed by atoms with van der Waals surface area (Å²) in [6.45, 7) is 0. The number of carbonyl (C=O) groups is 1. The third-order valence-corrected chi connectivity index (χ3v) is 1.10. The molecule has 0 spiro atoms. The second-order valence-electron chi connectivity index (χ2n) is 2.16. The summed E-state index contributed by atoms with van der Waals surface area (Å²) in [5.74, 6) is -2.28. The number of nitrogens with zero attached hydrogens (tertiary/aromatic N) is 1. The quantitative estimate of drug-likeness (QED) is 0.608. The Labute approximate surface area is 70.1 Å². The molecule has 4 N–H and O–H groups in total. The summed E-state index contributed by atoms with van der Waals surface area (Å²) >= 11 is 0. The molecule has 0 aromatic carbocycles. The minimum absolute atomic E-state index is 0.0671. The van der Waals surface area contributed by atoms with Crippen LogP contribution in [-0.4, -0.2) is 22.3 Å². The van der Waals surface area contributed by atoms with Gasteiger partial charge in [0.15, 0.2) is 5.82 Å². The number of hydrogen-bond acceptors (Lipinski definition) is 3. The Hall–Kier alpha value is -1.73. The summed E-state index contributed by atoms with van der Waals surface area (Å²) < 4.78 is 35.0. The molecule has 1 heterocycles. The molecule has 1 amide bonds. The number of amides is 1. The van der Waals surface area contributed by atoms with Gasteiger partial charge in [-0.15, -0.1) is 0 Å². The predicted molar refractivity (Wildman–Crippen MR) is 37.7 cm³/mol. The van der Waals surface area contributed by atoms with Crippen LogP contribution in [0.4, 0.5) is 24.8 Å². The molecule has 1 rings (SSSR count). The topological polar surface area (TPSA) is 83.8 Å². The van der Waals surface area contributed by atoms with Crippen molar-refractivity contribution in [2.75, 3.05) is 11.1 Å². The number of aromatic amines is 1. The van der Waals surface area contributed by atoms with Gasteiger partial charge in [-0.1, -0.05) is 0 Å². The summed E-state index contributed by atoms with van der Waals surface area (Å²) in [5.41, 5.74) is 5.11. The zero-order valence-electron chi connectivity index (χ0n) is 6.14. The monoisotopic (exact) mass is 194 g/mol. The first-order chi connectivity index (χ1) is 5.89. The van der Waals surface area contributed by atoms with Gasteiger partial charge in [0.1, 0.15) is 5.82 Å². The summed E-state index contributed by atoms with van der Waals surface area (Å²) in [6, 6.07) is 1.07. The first-order valence-corrected chi connectivity index (χ1v) is 3.08. The van der Waals surface area contributed by atoms with Crippen molar-refractivity contribution in [1.82, 2.24) is 10.2 Å². The van der Waals surface area contributed by atoms with Crippen molar-refractivity contribution in [3.05, 3.63) is 6.07 Å². The Balaban J connectivity index is 2.65. The van der Waals surface area contributed by atoms with E-state index in [4.69, 9.17) is 5.73 Å². The average Bonchev–Trinajstić information content (AvgIpc) is 2.33. The van der Waals surface area contributed by atoms with E-state index < -0.39 is 12.1 Å². The third kappa shape index (κ3) is 2.36. The largest absolute Gasteiger partial charge is 0.471 e. The molecule has 0 unspecified atom stereocenters. The zero-order valence-corrected chi connectivity index (χ0v) is 6.14. The molecule has 0 fully saturated rings. The van der Waals surface area contributed by atoms with Gasteiger partial charge in [0, 0.05) is 6.07 Å². The minimum Gasteiger partial charge on any atom is -0.384 e. The smallest absolute Gasteiger partial charge is 0.384 e. The van der Waals surface area contributed by atoms with Gasteiger partial charge >= 0.3 is 12.1 Å². The highest BCUT2D eigenvalue weighted by atomic mass is 19.4. The number of rotatable bonds is 1. The van der Waals surface area contributed by atoms with Crippen LogP contribution in [-0.2, 0) is 4.79 Å². The predicted octanol–water partition coefficient (Wildman–Crippen LogP) is 0.493. The van der Waals surface area contributed by atoms with Gasteiger partial charge in [-0.3, -0.25) is 9.89 Å². The Morgan fingerprint density at radius 3 is 2.62 bits per heavy atom. The highest BCUT2D eigenvalue weighted by Gasteiger charge is 2.39. The van der Waals surface area contributed by atoms with E-state index in [0.29, 0.717) is 0 Å². The molecule has 0 aliphatic rings. The summed E-state index contributed by atoms with van der Waals surface area (Å²) in [6.07, 6.45) is -4.92. The molecule has 1 aromatic heterocycles. The van der Waals surface area contributed by atoms with Crippen molar-refractivity contribution in [2.24, 2.45) is 0 Å². The maximum Gasteiger partial charge on any atom is 0.471 e. The van der Waals surface area contributed by atoms with Crippen molar-refractivity contribution in [1.29, 1.82) is 0 Å². The van der Waals surface area contributed by atoms with Crippen LogP contribution in [0.5, 0.6) is 0 Å². The van der Waals surface area contributed by atoms with Crippen LogP contribution in [0.15, 0.2) is 6.07 Å². The van der Waals surface area contributed by atoms with E-state index in [-0.39, 0.29) is 11.6 Å². The molecule has 8 heteroatoms. The van der Waals surface area contributed by atoms with Crippen LogP contribution in [0.25, 0.3) is 0 Å². The second kappa shape index (κ2) is 2.96. The Bertz CT molecular complexity index is 318. The Kier molecular flexibility index (Phi) is 2.13. The fourth-order valence-corrected chi connectivity index (χ4v) is 0.588.